The zero-order valence-corrected chi connectivity index (χ0v) is 38.9. The molecule has 11 heteroatoms. The lowest BCUT2D eigenvalue weighted by Gasteiger charge is -2.20. The van der Waals surface area contributed by atoms with Gasteiger partial charge in [-0.25, -0.2) is 4.57 Å². The maximum atomic E-state index is 12.7. The Kier molecular flexibility index (Phi) is 42.6. The van der Waals surface area contributed by atoms with Crippen molar-refractivity contribution in [2.45, 2.75) is 180 Å². The van der Waals surface area contributed by atoms with Crippen LogP contribution in [0.1, 0.15) is 168 Å². The number of carbonyl (C=O) groups is 2. The second-order valence-electron chi connectivity index (χ2n) is 15.1. The third-order valence-electron chi connectivity index (χ3n) is 9.36. The van der Waals surface area contributed by atoms with Crippen molar-refractivity contribution in [1.82, 2.24) is 0 Å². The van der Waals surface area contributed by atoms with Gasteiger partial charge in [-0.1, -0.05) is 169 Å². The van der Waals surface area contributed by atoms with Crippen molar-refractivity contribution in [2.24, 2.45) is 5.73 Å². The van der Waals surface area contributed by atoms with Gasteiger partial charge in [0.15, 0.2) is 0 Å². The lowest BCUT2D eigenvalue weighted by molar-refractivity contribution is -0.154. The predicted octanol–water partition coefficient (Wildman–Crippen LogP) is 13.3. The number of carboxylic acid groups (broad SMARTS) is 1. The summed E-state index contributed by atoms with van der Waals surface area (Å²) in [6.45, 7) is 3.59. The van der Waals surface area contributed by atoms with Crippen LogP contribution in [0.3, 0.4) is 0 Å². The summed E-state index contributed by atoms with van der Waals surface area (Å²) in [5, 5.41) is 8.91. The van der Waals surface area contributed by atoms with Crippen molar-refractivity contribution in [2.75, 3.05) is 26.4 Å². The Bertz CT molecular complexity index is 1330. The molecule has 0 saturated heterocycles. The number of phosphoric acid groups is 1. The molecule has 0 amide bonds. The van der Waals surface area contributed by atoms with Crippen LogP contribution in [0.15, 0.2) is 97.2 Å². The van der Waals surface area contributed by atoms with Crippen molar-refractivity contribution in [1.29, 1.82) is 0 Å². The molecule has 0 radical (unpaired) electrons. The summed E-state index contributed by atoms with van der Waals surface area (Å²) in [4.78, 5) is 33.6. The van der Waals surface area contributed by atoms with Crippen LogP contribution in [0, 0.1) is 0 Å². The standard InChI is InChI=1S/C50H84NO9P/c1-3-5-7-9-11-13-15-17-19-21-23-24-25-26-28-30-32-34-36-38-40-42-49(52)60-47(45-58-61(55,56)59-46-48(51)50(53)54)44-57-43-41-39-37-35-33-31-29-27-22-20-18-16-14-12-10-8-6-4-2/h5-8,11-14,17-20,23-24,27,29,47-48H,3-4,9-10,15-16,21-22,25-26,28,30-46,51H2,1-2H3,(H,53,54)(H,55,56)/b7-5-,8-6-,13-11-,14-12-,19-17-,20-18-,24-23-,29-27-. The molecule has 0 heterocycles. The molecule has 0 aromatic carbocycles. The second kappa shape index (κ2) is 44.9. The molecule has 10 nitrogen and oxygen atoms in total. The Morgan fingerprint density at radius 2 is 0.902 bits per heavy atom. The van der Waals surface area contributed by atoms with E-state index in [9.17, 15) is 19.0 Å². The highest BCUT2D eigenvalue weighted by Crippen LogP contribution is 2.43. The fourth-order valence-electron chi connectivity index (χ4n) is 5.82. The maximum Gasteiger partial charge on any atom is 0.472 e. The Hall–Kier alpha value is -3.11. The number of allylic oxidation sites excluding steroid dienone is 16. The first-order valence-corrected chi connectivity index (χ1v) is 24.8. The van der Waals surface area contributed by atoms with Gasteiger partial charge >= 0.3 is 19.8 Å². The highest BCUT2D eigenvalue weighted by atomic mass is 31.2. The molecule has 0 rings (SSSR count). The first kappa shape index (κ1) is 57.9. The molecule has 4 N–H and O–H groups in total. The summed E-state index contributed by atoms with van der Waals surface area (Å²) in [5.74, 6) is -1.80. The molecule has 0 aliphatic carbocycles. The van der Waals surface area contributed by atoms with E-state index >= 15 is 0 Å². The molecule has 0 spiro atoms. The Labute approximate surface area is 370 Å². The third-order valence-corrected chi connectivity index (χ3v) is 10.3. The summed E-state index contributed by atoms with van der Waals surface area (Å²) in [6, 6.07) is -1.48. The molecule has 3 unspecified atom stereocenters. The van der Waals surface area contributed by atoms with Gasteiger partial charge in [-0.15, -0.1) is 0 Å². The van der Waals surface area contributed by atoms with Crippen LogP contribution >= 0.6 is 7.82 Å². The largest absolute Gasteiger partial charge is 0.480 e. The molecule has 0 aromatic rings. The van der Waals surface area contributed by atoms with Crippen LogP contribution in [0.2, 0.25) is 0 Å². The van der Waals surface area contributed by atoms with Crippen LogP contribution in [-0.4, -0.2) is 60.5 Å². The van der Waals surface area contributed by atoms with Crippen molar-refractivity contribution in [3.8, 4) is 0 Å². The molecule has 0 aliphatic heterocycles. The average molecular weight is 874 g/mol. The third kappa shape index (κ3) is 44.7. The highest BCUT2D eigenvalue weighted by molar-refractivity contribution is 7.47. The molecule has 348 valence electrons. The van der Waals surface area contributed by atoms with E-state index in [2.05, 4.69) is 111 Å². The van der Waals surface area contributed by atoms with E-state index in [1.54, 1.807) is 0 Å². The van der Waals surface area contributed by atoms with Crippen molar-refractivity contribution < 1.29 is 42.7 Å². The Morgan fingerprint density at radius 3 is 1.34 bits per heavy atom. The second-order valence-corrected chi connectivity index (χ2v) is 16.6. The van der Waals surface area contributed by atoms with Crippen LogP contribution in [0.25, 0.3) is 0 Å². The highest BCUT2D eigenvalue weighted by Gasteiger charge is 2.27. The zero-order chi connectivity index (χ0) is 44.8. The van der Waals surface area contributed by atoms with Crippen LogP contribution in [0.4, 0.5) is 0 Å². The van der Waals surface area contributed by atoms with E-state index in [1.165, 1.54) is 25.7 Å². The summed E-state index contributed by atoms with van der Waals surface area (Å²) in [5.41, 5.74) is 5.36. The number of nitrogens with two attached hydrogens (primary N) is 1. The molecule has 61 heavy (non-hydrogen) atoms. The smallest absolute Gasteiger partial charge is 0.472 e. The molecule has 3 atom stereocenters. The molecule has 0 saturated carbocycles. The molecular weight excluding hydrogens is 790 g/mol. The van der Waals surface area contributed by atoms with E-state index in [0.717, 1.165) is 116 Å². The summed E-state index contributed by atoms with van der Waals surface area (Å²) < 4.78 is 33.4. The monoisotopic (exact) mass is 874 g/mol. The van der Waals surface area contributed by atoms with E-state index < -0.39 is 45.1 Å². The molecular formula is C50H84NO9P. The summed E-state index contributed by atoms with van der Waals surface area (Å²) in [7, 11) is -4.63. The van der Waals surface area contributed by atoms with E-state index in [-0.39, 0.29) is 13.0 Å². The van der Waals surface area contributed by atoms with Crippen LogP contribution in [0.5, 0.6) is 0 Å². The first-order chi connectivity index (χ1) is 29.7. The molecule has 0 aliphatic rings. The van der Waals surface area contributed by atoms with Gasteiger partial charge in [-0.3, -0.25) is 18.6 Å². The SMILES string of the molecule is CC/C=C\C/C=C\C/C=C\C/C=C\CCCCCCCCCCC(=O)OC(COCCCCCCC/C=C\C/C=C\C/C=C\C/C=C\CC)COP(=O)(O)OCC(N)C(=O)O. The normalized spacial score (nSPS) is 14.7. The number of aliphatic carboxylic acids is 1. The van der Waals surface area contributed by atoms with Gasteiger partial charge in [0.1, 0.15) is 12.1 Å². The fourth-order valence-corrected chi connectivity index (χ4v) is 6.60. The van der Waals surface area contributed by atoms with Gasteiger partial charge in [0.05, 0.1) is 19.8 Å². The number of unbranched alkanes of at least 4 members (excludes halogenated alkanes) is 13. The van der Waals surface area contributed by atoms with Gasteiger partial charge < -0.3 is 25.2 Å². The first-order valence-electron chi connectivity index (χ1n) is 23.3. The van der Waals surface area contributed by atoms with Crippen molar-refractivity contribution in [3.63, 3.8) is 0 Å². The number of hydrogen-bond acceptors (Lipinski definition) is 8. The molecule has 0 bridgehead atoms. The number of rotatable bonds is 43. The van der Waals surface area contributed by atoms with E-state index in [0.29, 0.717) is 13.0 Å². The lowest BCUT2D eigenvalue weighted by Crippen LogP contribution is -2.34. The minimum atomic E-state index is -4.63. The van der Waals surface area contributed by atoms with Crippen LogP contribution in [-0.2, 0) is 32.7 Å². The number of esters is 1. The van der Waals surface area contributed by atoms with Gasteiger partial charge in [0.25, 0.3) is 0 Å². The predicted molar refractivity (Wildman–Crippen MR) is 253 cm³/mol. The van der Waals surface area contributed by atoms with Crippen LogP contribution < -0.4 is 5.73 Å². The number of carboxylic acids is 1. The topological polar surface area (TPSA) is 155 Å². The van der Waals surface area contributed by atoms with Crippen molar-refractivity contribution in [3.05, 3.63) is 97.2 Å². The van der Waals surface area contributed by atoms with Gasteiger partial charge in [-0.05, 0) is 89.9 Å². The van der Waals surface area contributed by atoms with Gasteiger partial charge in [-0.2, -0.15) is 0 Å². The lowest BCUT2D eigenvalue weighted by atomic mass is 10.1. The summed E-state index contributed by atoms with van der Waals surface area (Å²) >= 11 is 0. The molecule has 0 aromatic heterocycles. The average Bonchev–Trinajstić information content (AvgIpc) is 3.24. The minimum Gasteiger partial charge on any atom is -0.480 e. The summed E-state index contributed by atoms with van der Waals surface area (Å²) in [6.07, 6.45) is 58.8. The van der Waals surface area contributed by atoms with Gasteiger partial charge in [0.2, 0.25) is 0 Å². The number of ether oxygens (including phenoxy) is 2. The minimum absolute atomic E-state index is 0.00546. The quantitative estimate of drug-likeness (QED) is 0.0233. The Morgan fingerprint density at radius 1 is 0.525 bits per heavy atom. The fraction of sp³-hybridized carbons (Fsp3) is 0.640. The number of phosphoric ester groups is 1. The van der Waals surface area contributed by atoms with Crippen molar-refractivity contribution >= 4 is 19.8 Å². The zero-order valence-electron chi connectivity index (χ0n) is 38.0. The Balaban J connectivity index is 4.27. The number of carbonyl (C=O) groups excluding carboxylic acids is 1. The van der Waals surface area contributed by atoms with E-state index in [1.807, 2.05) is 0 Å². The number of hydrogen-bond donors (Lipinski definition) is 3. The molecule has 0 fully saturated rings. The van der Waals surface area contributed by atoms with Gasteiger partial charge in [0, 0.05) is 13.0 Å². The maximum absolute atomic E-state index is 12.7. The van der Waals surface area contributed by atoms with E-state index in [4.69, 9.17) is 29.4 Å².